The Kier molecular flexibility index (Phi) is 3.86. The van der Waals surface area contributed by atoms with Crippen LogP contribution >= 0.6 is 0 Å². The molecule has 6 nitrogen and oxygen atoms in total. The second kappa shape index (κ2) is 5.57. The van der Waals surface area contributed by atoms with Crippen LogP contribution < -0.4 is 5.32 Å². The van der Waals surface area contributed by atoms with E-state index >= 15 is 0 Å². The Balaban J connectivity index is 2.27. The van der Waals surface area contributed by atoms with Gasteiger partial charge >= 0.3 is 5.97 Å². The number of methoxy groups -OCH3 is 1. The van der Waals surface area contributed by atoms with E-state index in [1.807, 2.05) is 0 Å². The lowest BCUT2D eigenvalue weighted by Gasteiger charge is -2.13. The zero-order valence-corrected chi connectivity index (χ0v) is 10.1. The maximum absolute atomic E-state index is 13.1. The molecule has 0 saturated heterocycles. The van der Waals surface area contributed by atoms with Crippen molar-refractivity contribution in [2.45, 2.75) is 6.04 Å². The van der Waals surface area contributed by atoms with E-state index in [4.69, 9.17) is 9.84 Å². The molecule has 0 radical (unpaired) electrons. The normalized spacial score (nSPS) is 12.3. The Labute approximate surface area is 108 Å². The molecular formula is C12H12FN3O3. The summed E-state index contributed by atoms with van der Waals surface area (Å²) in [5.74, 6) is -1.38. The minimum atomic E-state index is -1.08. The smallest absolute Gasteiger partial charge is 0.328 e. The molecule has 0 spiro atoms. The van der Waals surface area contributed by atoms with Crippen LogP contribution in [-0.4, -0.2) is 40.8 Å². The number of rotatable bonds is 5. The molecule has 0 bridgehead atoms. The first-order chi connectivity index (χ1) is 9.10. The third-order valence-electron chi connectivity index (χ3n) is 2.48. The number of hydrogen-bond donors (Lipinski definition) is 2. The average Bonchev–Trinajstić information content (AvgIpc) is 2.37. The quantitative estimate of drug-likeness (QED) is 0.847. The fourth-order valence-corrected chi connectivity index (χ4v) is 1.56. The fourth-order valence-electron chi connectivity index (χ4n) is 1.56. The summed E-state index contributed by atoms with van der Waals surface area (Å²) in [5.41, 5.74) is 0.402. The molecule has 19 heavy (non-hydrogen) atoms. The van der Waals surface area contributed by atoms with Crippen LogP contribution in [0.25, 0.3) is 10.9 Å². The first kappa shape index (κ1) is 13.2. The second-order valence-corrected chi connectivity index (χ2v) is 3.89. The number of benzene rings is 1. The molecule has 0 aliphatic heterocycles. The molecule has 7 heteroatoms. The van der Waals surface area contributed by atoms with Gasteiger partial charge in [-0.1, -0.05) is 0 Å². The number of nitrogens with zero attached hydrogens (tertiary/aromatic N) is 2. The van der Waals surface area contributed by atoms with E-state index in [1.165, 1.54) is 25.4 Å². The van der Waals surface area contributed by atoms with Crippen LogP contribution in [0.15, 0.2) is 24.4 Å². The number of hydrogen-bond acceptors (Lipinski definition) is 5. The lowest BCUT2D eigenvalue weighted by atomic mass is 10.2. The van der Waals surface area contributed by atoms with Gasteiger partial charge in [0.1, 0.15) is 5.82 Å². The molecule has 0 fully saturated rings. The maximum Gasteiger partial charge on any atom is 0.328 e. The van der Waals surface area contributed by atoms with E-state index < -0.39 is 17.8 Å². The number of anilines is 1. The van der Waals surface area contributed by atoms with E-state index in [0.29, 0.717) is 10.9 Å². The van der Waals surface area contributed by atoms with Gasteiger partial charge in [0.05, 0.1) is 12.1 Å². The van der Waals surface area contributed by atoms with Gasteiger partial charge in [0.2, 0.25) is 5.95 Å². The van der Waals surface area contributed by atoms with Crippen LogP contribution in [0.3, 0.4) is 0 Å². The maximum atomic E-state index is 13.1. The highest BCUT2D eigenvalue weighted by atomic mass is 19.1. The third kappa shape index (κ3) is 3.14. The monoisotopic (exact) mass is 265 g/mol. The molecule has 1 unspecified atom stereocenters. The minimum absolute atomic E-state index is 0.0279. The van der Waals surface area contributed by atoms with Crippen molar-refractivity contribution in [3.05, 3.63) is 30.2 Å². The molecule has 1 aromatic heterocycles. The number of nitrogens with one attached hydrogen (secondary N) is 1. The zero-order chi connectivity index (χ0) is 13.8. The van der Waals surface area contributed by atoms with Crippen molar-refractivity contribution in [3.63, 3.8) is 0 Å². The largest absolute Gasteiger partial charge is 0.480 e. The van der Waals surface area contributed by atoms with Gasteiger partial charge in [0.25, 0.3) is 0 Å². The molecule has 2 aromatic rings. The predicted molar refractivity (Wildman–Crippen MR) is 66.4 cm³/mol. The molecular weight excluding hydrogens is 253 g/mol. The van der Waals surface area contributed by atoms with Crippen molar-refractivity contribution < 1.29 is 19.0 Å². The Bertz CT molecular complexity index is 606. The van der Waals surface area contributed by atoms with Gasteiger partial charge in [-0.3, -0.25) is 0 Å². The van der Waals surface area contributed by atoms with Gasteiger partial charge in [0, 0.05) is 24.8 Å². The topological polar surface area (TPSA) is 84.3 Å². The summed E-state index contributed by atoms with van der Waals surface area (Å²) in [6, 6.07) is 3.16. The number of aromatic nitrogens is 2. The molecule has 0 amide bonds. The highest BCUT2D eigenvalue weighted by Crippen LogP contribution is 2.14. The summed E-state index contributed by atoms with van der Waals surface area (Å²) in [5, 5.41) is 12.3. The second-order valence-electron chi connectivity index (χ2n) is 3.89. The number of halogens is 1. The van der Waals surface area contributed by atoms with Gasteiger partial charge in [-0.2, -0.15) is 0 Å². The summed E-state index contributed by atoms with van der Waals surface area (Å²) < 4.78 is 17.9. The fraction of sp³-hybridized carbons (Fsp3) is 0.250. The van der Waals surface area contributed by atoms with Crippen molar-refractivity contribution in [1.82, 2.24) is 9.97 Å². The zero-order valence-electron chi connectivity index (χ0n) is 10.1. The number of fused-ring (bicyclic) bond motifs is 1. The molecule has 1 aromatic carbocycles. The highest BCUT2D eigenvalue weighted by molar-refractivity contribution is 5.80. The molecule has 0 aliphatic rings. The lowest BCUT2D eigenvalue weighted by Crippen LogP contribution is -2.34. The molecule has 0 saturated carbocycles. The number of carboxylic acids is 1. The molecule has 100 valence electrons. The predicted octanol–water partition coefficient (Wildman–Crippen LogP) is 1.28. The summed E-state index contributed by atoms with van der Waals surface area (Å²) in [4.78, 5) is 19.0. The summed E-state index contributed by atoms with van der Waals surface area (Å²) >= 11 is 0. The SMILES string of the molecule is COCC(Nc1ncc2ccc(F)cc2n1)C(=O)O. The van der Waals surface area contributed by atoms with Gasteiger partial charge in [-0.05, 0) is 12.1 Å². The van der Waals surface area contributed by atoms with E-state index in [1.54, 1.807) is 6.07 Å². The lowest BCUT2D eigenvalue weighted by molar-refractivity contribution is -0.139. The van der Waals surface area contributed by atoms with Crippen molar-refractivity contribution in [2.75, 3.05) is 19.0 Å². The van der Waals surface area contributed by atoms with E-state index in [0.717, 1.165) is 0 Å². The van der Waals surface area contributed by atoms with Gasteiger partial charge in [-0.15, -0.1) is 0 Å². The first-order valence-corrected chi connectivity index (χ1v) is 5.50. The van der Waals surface area contributed by atoms with Gasteiger partial charge < -0.3 is 15.2 Å². The van der Waals surface area contributed by atoms with Crippen molar-refractivity contribution >= 4 is 22.8 Å². The number of ether oxygens (including phenoxy) is 1. The van der Waals surface area contributed by atoms with Gasteiger partial charge in [-0.25, -0.2) is 19.2 Å². The molecule has 1 heterocycles. The summed E-state index contributed by atoms with van der Waals surface area (Å²) in [6.07, 6.45) is 1.50. The van der Waals surface area contributed by atoms with E-state index in [-0.39, 0.29) is 12.6 Å². The Morgan fingerprint density at radius 3 is 3.05 bits per heavy atom. The Hall–Kier alpha value is -2.28. The van der Waals surface area contributed by atoms with E-state index in [9.17, 15) is 9.18 Å². The van der Waals surface area contributed by atoms with E-state index in [2.05, 4.69) is 15.3 Å². The highest BCUT2D eigenvalue weighted by Gasteiger charge is 2.18. The minimum Gasteiger partial charge on any atom is -0.480 e. The standard InChI is InChI=1S/C12H12FN3O3/c1-19-6-10(11(17)18)16-12-14-5-7-2-3-8(13)4-9(7)15-12/h2-5,10H,6H2,1H3,(H,17,18)(H,14,15,16). The first-order valence-electron chi connectivity index (χ1n) is 5.50. The number of aliphatic carboxylic acids is 1. The van der Waals surface area contributed by atoms with Crippen LogP contribution in [0, 0.1) is 5.82 Å². The van der Waals surface area contributed by atoms with Crippen LogP contribution in [0.5, 0.6) is 0 Å². The van der Waals surface area contributed by atoms with Crippen LogP contribution in [0.4, 0.5) is 10.3 Å². The average molecular weight is 265 g/mol. The van der Waals surface area contributed by atoms with Crippen LogP contribution in [-0.2, 0) is 9.53 Å². The third-order valence-corrected chi connectivity index (χ3v) is 2.48. The van der Waals surface area contributed by atoms with Crippen molar-refractivity contribution in [1.29, 1.82) is 0 Å². The Morgan fingerprint density at radius 2 is 2.37 bits per heavy atom. The molecule has 0 aliphatic carbocycles. The van der Waals surface area contributed by atoms with Crippen molar-refractivity contribution in [3.8, 4) is 0 Å². The molecule has 2 rings (SSSR count). The number of carboxylic acid groups (broad SMARTS) is 1. The van der Waals surface area contributed by atoms with Gasteiger partial charge in [0.15, 0.2) is 6.04 Å². The summed E-state index contributed by atoms with van der Waals surface area (Å²) in [6.45, 7) is -0.0279. The number of carbonyl (C=O) groups is 1. The molecule has 1 atom stereocenters. The molecule has 2 N–H and O–H groups in total. The Morgan fingerprint density at radius 1 is 1.58 bits per heavy atom. The van der Waals surface area contributed by atoms with Crippen LogP contribution in [0.2, 0.25) is 0 Å². The summed E-state index contributed by atoms with van der Waals surface area (Å²) in [7, 11) is 1.40. The van der Waals surface area contributed by atoms with Crippen molar-refractivity contribution in [2.24, 2.45) is 0 Å². The van der Waals surface area contributed by atoms with Crippen LogP contribution in [0.1, 0.15) is 0 Å².